The molecule has 1 N–H and O–H groups in total. The molecule has 0 amide bonds. The predicted molar refractivity (Wildman–Crippen MR) is 86.1 cm³/mol. The molecule has 0 atom stereocenters. The van der Waals surface area contributed by atoms with Crippen LogP contribution >= 0.6 is 49.9 Å². The van der Waals surface area contributed by atoms with Crippen molar-refractivity contribution in [3.05, 3.63) is 49.0 Å². The van der Waals surface area contributed by atoms with Crippen molar-refractivity contribution in [2.75, 3.05) is 0 Å². The first-order chi connectivity index (χ1) is 8.65. The number of nitrogens with zero attached hydrogens (tertiary/aromatic N) is 1. The van der Waals surface area contributed by atoms with Gasteiger partial charge in [-0.05, 0) is 46.9 Å². The second-order valence-corrected chi connectivity index (χ2v) is 6.81. The molecule has 0 spiro atoms. The number of thiophene rings is 1. The Bertz CT molecular complexity index is 796. The number of nitrogens with one attached hydrogen (secondary N) is 1. The Balaban J connectivity index is 2.29. The lowest BCUT2D eigenvalue weighted by molar-refractivity contribution is 1.18. The molecular formula is C12H6BrIN2OS. The van der Waals surface area contributed by atoms with Crippen molar-refractivity contribution in [1.29, 1.82) is 0 Å². The van der Waals surface area contributed by atoms with Gasteiger partial charge in [-0.25, -0.2) is 4.98 Å². The first-order valence-corrected chi connectivity index (χ1v) is 7.76. The van der Waals surface area contributed by atoms with Gasteiger partial charge in [0.15, 0.2) is 0 Å². The van der Waals surface area contributed by atoms with Crippen molar-refractivity contribution in [3.8, 4) is 10.4 Å². The first-order valence-electron chi connectivity index (χ1n) is 5.08. The molecule has 2 heterocycles. The third-order valence-electron chi connectivity index (χ3n) is 2.51. The summed E-state index contributed by atoms with van der Waals surface area (Å²) in [5.41, 5.74) is 1.78. The van der Waals surface area contributed by atoms with Gasteiger partial charge in [0.1, 0.15) is 4.70 Å². The molecule has 0 fully saturated rings. The highest BCUT2D eigenvalue weighted by Gasteiger charge is 2.10. The van der Waals surface area contributed by atoms with Crippen LogP contribution < -0.4 is 5.56 Å². The highest BCUT2D eigenvalue weighted by Crippen LogP contribution is 2.34. The minimum Gasteiger partial charge on any atom is -0.312 e. The zero-order valence-electron chi connectivity index (χ0n) is 8.91. The lowest BCUT2D eigenvalue weighted by Crippen LogP contribution is -2.02. The van der Waals surface area contributed by atoms with E-state index in [1.807, 2.05) is 18.2 Å². The maximum Gasteiger partial charge on any atom is 0.268 e. The van der Waals surface area contributed by atoms with Gasteiger partial charge in [0.05, 0.1) is 11.8 Å². The Morgan fingerprint density at radius 1 is 1.33 bits per heavy atom. The fourth-order valence-electron chi connectivity index (χ4n) is 1.69. The SMILES string of the molecule is O=c1[nH]cnc2cc(-c3cc(Br)ccc3I)sc12. The van der Waals surface area contributed by atoms with E-state index in [-0.39, 0.29) is 5.56 Å². The van der Waals surface area contributed by atoms with Crippen LogP contribution in [0.5, 0.6) is 0 Å². The van der Waals surface area contributed by atoms with E-state index in [9.17, 15) is 4.79 Å². The van der Waals surface area contributed by atoms with Gasteiger partial charge in [-0.15, -0.1) is 11.3 Å². The van der Waals surface area contributed by atoms with Crippen LogP contribution in [0.2, 0.25) is 0 Å². The first kappa shape index (κ1) is 12.3. The Kier molecular flexibility index (Phi) is 3.25. The van der Waals surface area contributed by atoms with Crippen LogP contribution in [0.1, 0.15) is 0 Å². The minimum absolute atomic E-state index is 0.0822. The van der Waals surface area contributed by atoms with Crippen molar-refractivity contribution >= 4 is 60.1 Å². The van der Waals surface area contributed by atoms with Crippen molar-refractivity contribution < 1.29 is 0 Å². The summed E-state index contributed by atoms with van der Waals surface area (Å²) in [5, 5.41) is 0. The standard InChI is InChI=1S/C12H6BrIN2OS/c13-6-1-2-8(14)7(3-6)10-4-9-11(18-10)12(17)16-5-15-9/h1-5H,(H,15,16,17). The summed E-state index contributed by atoms with van der Waals surface area (Å²) in [5.74, 6) is 0. The molecule has 3 nitrogen and oxygen atoms in total. The molecule has 90 valence electrons. The maximum atomic E-state index is 11.7. The molecule has 18 heavy (non-hydrogen) atoms. The number of halogens is 2. The van der Waals surface area contributed by atoms with Gasteiger partial charge in [0.2, 0.25) is 0 Å². The van der Waals surface area contributed by atoms with E-state index in [1.165, 1.54) is 17.7 Å². The zero-order chi connectivity index (χ0) is 12.7. The number of aromatic nitrogens is 2. The van der Waals surface area contributed by atoms with Gasteiger partial charge in [0.25, 0.3) is 5.56 Å². The molecule has 1 aromatic carbocycles. The largest absolute Gasteiger partial charge is 0.312 e. The molecule has 0 aliphatic carbocycles. The highest BCUT2D eigenvalue weighted by atomic mass is 127. The van der Waals surface area contributed by atoms with Crippen LogP contribution in [0.3, 0.4) is 0 Å². The van der Waals surface area contributed by atoms with Gasteiger partial charge in [-0.3, -0.25) is 4.79 Å². The van der Waals surface area contributed by atoms with Gasteiger partial charge in [0, 0.05) is 18.5 Å². The topological polar surface area (TPSA) is 45.8 Å². The number of benzene rings is 1. The molecule has 0 aliphatic heterocycles. The molecule has 2 aromatic heterocycles. The van der Waals surface area contributed by atoms with E-state index < -0.39 is 0 Å². The third-order valence-corrected chi connectivity index (χ3v) is 5.10. The van der Waals surface area contributed by atoms with Crippen LogP contribution in [-0.2, 0) is 0 Å². The molecule has 0 unspecified atom stereocenters. The smallest absolute Gasteiger partial charge is 0.268 e. The molecule has 0 aliphatic rings. The van der Waals surface area contributed by atoms with Crippen LogP contribution in [0.15, 0.2) is 39.9 Å². The second kappa shape index (κ2) is 4.75. The number of hydrogen-bond donors (Lipinski definition) is 1. The fourth-order valence-corrected chi connectivity index (χ4v) is 3.89. The van der Waals surface area contributed by atoms with Crippen LogP contribution in [0.25, 0.3) is 20.7 Å². The molecule has 6 heteroatoms. The zero-order valence-corrected chi connectivity index (χ0v) is 13.5. The summed E-state index contributed by atoms with van der Waals surface area (Å²) in [6, 6.07) is 8.06. The van der Waals surface area contributed by atoms with Gasteiger partial charge < -0.3 is 4.98 Å². The Labute approximate surface area is 129 Å². The third kappa shape index (κ3) is 2.12. The van der Waals surface area contributed by atoms with Crippen molar-refractivity contribution in [3.63, 3.8) is 0 Å². The lowest BCUT2D eigenvalue weighted by Gasteiger charge is -2.01. The summed E-state index contributed by atoms with van der Waals surface area (Å²) < 4.78 is 2.85. The minimum atomic E-state index is -0.0822. The number of rotatable bonds is 1. The monoisotopic (exact) mass is 432 g/mol. The van der Waals surface area contributed by atoms with Crippen LogP contribution in [0.4, 0.5) is 0 Å². The lowest BCUT2D eigenvalue weighted by atomic mass is 10.2. The predicted octanol–water partition coefficient (Wildman–Crippen LogP) is 4.02. The molecule has 3 aromatic rings. The molecule has 0 radical (unpaired) electrons. The van der Waals surface area contributed by atoms with E-state index in [1.54, 1.807) is 0 Å². The van der Waals surface area contributed by atoms with E-state index in [2.05, 4.69) is 54.6 Å². The summed E-state index contributed by atoms with van der Waals surface area (Å²) in [7, 11) is 0. The van der Waals surface area contributed by atoms with E-state index >= 15 is 0 Å². The average molecular weight is 433 g/mol. The van der Waals surface area contributed by atoms with E-state index in [4.69, 9.17) is 0 Å². The molecule has 0 saturated heterocycles. The number of aromatic amines is 1. The van der Waals surface area contributed by atoms with Gasteiger partial charge >= 0.3 is 0 Å². The second-order valence-electron chi connectivity index (χ2n) is 3.68. The number of hydrogen-bond acceptors (Lipinski definition) is 3. The van der Waals surface area contributed by atoms with Crippen molar-refractivity contribution in [1.82, 2.24) is 9.97 Å². The fraction of sp³-hybridized carbons (Fsp3) is 0. The molecule has 3 rings (SSSR count). The summed E-state index contributed by atoms with van der Waals surface area (Å²) in [4.78, 5) is 19.5. The van der Waals surface area contributed by atoms with E-state index in [0.29, 0.717) is 4.70 Å². The molecular weight excluding hydrogens is 427 g/mol. The Morgan fingerprint density at radius 2 is 2.17 bits per heavy atom. The van der Waals surface area contributed by atoms with Gasteiger partial charge in [-0.2, -0.15) is 0 Å². The summed E-state index contributed by atoms with van der Waals surface area (Å²) in [6.45, 7) is 0. The Morgan fingerprint density at radius 3 is 2.94 bits per heavy atom. The van der Waals surface area contributed by atoms with Crippen LogP contribution in [-0.4, -0.2) is 9.97 Å². The van der Waals surface area contributed by atoms with Crippen molar-refractivity contribution in [2.45, 2.75) is 0 Å². The summed E-state index contributed by atoms with van der Waals surface area (Å²) in [6.07, 6.45) is 1.44. The molecule has 0 saturated carbocycles. The average Bonchev–Trinajstić information content (AvgIpc) is 2.77. The maximum absolute atomic E-state index is 11.7. The summed E-state index contributed by atoms with van der Waals surface area (Å²) >= 11 is 7.23. The highest BCUT2D eigenvalue weighted by molar-refractivity contribution is 14.1. The number of fused-ring (bicyclic) bond motifs is 1. The van der Waals surface area contributed by atoms with Crippen molar-refractivity contribution in [2.24, 2.45) is 0 Å². The van der Waals surface area contributed by atoms with Gasteiger partial charge in [-0.1, -0.05) is 15.9 Å². The number of H-pyrrole nitrogens is 1. The van der Waals surface area contributed by atoms with E-state index in [0.717, 1.165) is 24.0 Å². The normalized spacial score (nSPS) is 11.0. The van der Waals surface area contributed by atoms with Crippen LogP contribution in [0, 0.1) is 3.57 Å². The molecule has 0 bridgehead atoms. The quantitative estimate of drug-likeness (QED) is 0.590. The Hall–Kier alpha value is -0.730.